The summed E-state index contributed by atoms with van der Waals surface area (Å²) in [7, 11) is 1.62. The number of H-pyrrole nitrogens is 1. The predicted molar refractivity (Wildman–Crippen MR) is 107 cm³/mol. The Morgan fingerprint density at radius 3 is 2.81 bits per heavy atom. The topological polar surface area (TPSA) is 63.3 Å². The molecule has 0 spiro atoms. The van der Waals surface area contributed by atoms with Crippen LogP contribution in [0.3, 0.4) is 0 Å². The fourth-order valence-corrected chi connectivity index (χ4v) is 3.03. The van der Waals surface area contributed by atoms with Gasteiger partial charge in [0.1, 0.15) is 0 Å². The normalized spacial score (nSPS) is 10.7. The third-order valence-corrected chi connectivity index (χ3v) is 4.48. The van der Waals surface area contributed by atoms with Gasteiger partial charge in [0.15, 0.2) is 11.5 Å². The highest BCUT2D eigenvalue weighted by Gasteiger charge is 2.09. The van der Waals surface area contributed by atoms with Crippen molar-refractivity contribution in [3.63, 3.8) is 0 Å². The number of aryl methyl sites for hydroxylation is 1. The van der Waals surface area contributed by atoms with Gasteiger partial charge in [-0.25, -0.2) is 0 Å². The molecule has 0 radical (unpaired) electrons. The highest BCUT2D eigenvalue weighted by Crippen LogP contribution is 2.28. The zero-order valence-corrected chi connectivity index (χ0v) is 15.9. The minimum absolute atomic E-state index is 0.0329. The number of carbonyl (C=O) groups is 1. The molecule has 142 valence electrons. The summed E-state index contributed by atoms with van der Waals surface area (Å²) < 4.78 is 11.0. The number of nitrogens with one attached hydrogen (secondary N) is 2. The van der Waals surface area contributed by atoms with E-state index in [1.54, 1.807) is 7.11 Å². The number of hydrogen-bond donors (Lipinski definition) is 2. The van der Waals surface area contributed by atoms with Gasteiger partial charge in [-0.15, -0.1) is 0 Å². The van der Waals surface area contributed by atoms with Crippen molar-refractivity contribution in [2.24, 2.45) is 0 Å². The third-order valence-electron chi connectivity index (χ3n) is 4.48. The van der Waals surface area contributed by atoms with Gasteiger partial charge in [-0.05, 0) is 42.2 Å². The Hall–Kier alpha value is -2.95. The second-order valence-corrected chi connectivity index (χ2v) is 6.47. The number of benzene rings is 2. The molecule has 0 atom stereocenters. The van der Waals surface area contributed by atoms with Crippen molar-refractivity contribution in [2.45, 2.75) is 32.7 Å². The molecule has 0 fully saturated rings. The van der Waals surface area contributed by atoms with Gasteiger partial charge in [0.2, 0.25) is 5.91 Å². The van der Waals surface area contributed by atoms with Crippen LogP contribution in [0.5, 0.6) is 11.5 Å². The lowest BCUT2D eigenvalue weighted by molar-refractivity contribution is -0.121. The maximum Gasteiger partial charge on any atom is 0.220 e. The van der Waals surface area contributed by atoms with Gasteiger partial charge >= 0.3 is 0 Å². The van der Waals surface area contributed by atoms with E-state index in [0.29, 0.717) is 31.7 Å². The number of amides is 1. The van der Waals surface area contributed by atoms with E-state index >= 15 is 0 Å². The summed E-state index contributed by atoms with van der Waals surface area (Å²) in [5, 5.41) is 4.16. The van der Waals surface area contributed by atoms with Crippen molar-refractivity contribution in [2.75, 3.05) is 13.7 Å². The molecule has 0 bridgehead atoms. The van der Waals surface area contributed by atoms with E-state index in [0.717, 1.165) is 23.3 Å². The van der Waals surface area contributed by atoms with Gasteiger partial charge in [-0.2, -0.15) is 0 Å². The molecular weight excluding hydrogens is 340 g/mol. The van der Waals surface area contributed by atoms with Gasteiger partial charge in [0.25, 0.3) is 0 Å². The first-order valence-electron chi connectivity index (χ1n) is 9.32. The van der Waals surface area contributed by atoms with E-state index in [9.17, 15) is 4.79 Å². The van der Waals surface area contributed by atoms with E-state index < -0.39 is 0 Å². The van der Waals surface area contributed by atoms with Crippen LogP contribution in [-0.4, -0.2) is 24.6 Å². The molecule has 1 heterocycles. The summed E-state index contributed by atoms with van der Waals surface area (Å²) in [5.74, 6) is 1.45. The van der Waals surface area contributed by atoms with Crippen LogP contribution in [0.2, 0.25) is 0 Å². The van der Waals surface area contributed by atoms with Crippen LogP contribution in [0.1, 0.15) is 30.9 Å². The minimum Gasteiger partial charge on any atom is -0.493 e. The van der Waals surface area contributed by atoms with Crippen molar-refractivity contribution in [1.82, 2.24) is 10.3 Å². The molecule has 5 nitrogen and oxygen atoms in total. The second kappa shape index (κ2) is 9.12. The number of para-hydroxylation sites is 1. The molecule has 0 aliphatic rings. The van der Waals surface area contributed by atoms with Gasteiger partial charge in [0.05, 0.1) is 13.7 Å². The van der Waals surface area contributed by atoms with Gasteiger partial charge in [0, 0.05) is 30.1 Å². The first kappa shape index (κ1) is 18.8. The average Bonchev–Trinajstić information content (AvgIpc) is 3.12. The van der Waals surface area contributed by atoms with E-state index in [4.69, 9.17) is 9.47 Å². The Bertz CT molecular complexity index is 901. The van der Waals surface area contributed by atoms with Crippen LogP contribution in [0.25, 0.3) is 10.9 Å². The fraction of sp³-hybridized carbons (Fsp3) is 0.318. The molecule has 3 aromatic rings. The third kappa shape index (κ3) is 4.82. The average molecular weight is 366 g/mol. The van der Waals surface area contributed by atoms with Gasteiger partial charge in [-0.3, -0.25) is 4.79 Å². The highest BCUT2D eigenvalue weighted by atomic mass is 16.5. The van der Waals surface area contributed by atoms with Crippen LogP contribution in [0.15, 0.2) is 48.7 Å². The predicted octanol–water partition coefficient (Wildman–Crippen LogP) is 4.21. The van der Waals surface area contributed by atoms with Crippen LogP contribution in [0, 0.1) is 0 Å². The van der Waals surface area contributed by atoms with E-state index in [-0.39, 0.29) is 5.91 Å². The van der Waals surface area contributed by atoms with Crippen molar-refractivity contribution < 1.29 is 14.3 Å². The lowest BCUT2D eigenvalue weighted by Gasteiger charge is -2.12. The second-order valence-electron chi connectivity index (χ2n) is 6.47. The maximum atomic E-state index is 12.2. The molecule has 0 saturated carbocycles. The lowest BCUT2D eigenvalue weighted by Crippen LogP contribution is -2.23. The van der Waals surface area contributed by atoms with E-state index in [2.05, 4.69) is 23.3 Å². The molecule has 0 unspecified atom stereocenters. The Morgan fingerprint density at radius 1 is 1.15 bits per heavy atom. The molecule has 2 N–H and O–H groups in total. The number of hydrogen-bond acceptors (Lipinski definition) is 3. The van der Waals surface area contributed by atoms with E-state index in [1.165, 1.54) is 10.9 Å². The lowest BCUT2D eigenvalue weighted by atomic mass is 10.1. The van der Waals surface area contributed by atoms with Gasteiger partial charge in [-0.1, -0.05) is 31.2 Å². The zero-order valence-electron chi connectivity index (χ0n) is 15.9. The molecule has 0 aliphatic carbocycles. The number of ether oxygens (including phenoxy) is 2. The van der Waals surface area contributed by atoms with Crippen molar-refractivity contribution >= 4 is 16.8 Å². The minimum atomic E-state index is 0.0329. The van der Waals surface area contributed by atoms with Gasteiger partial charge < -0.3 is 19.8 Å². The molecule has 27 heavy (non-hydrogen) atoms. The Morgan fingerprint density at radius 2 is 2.00 bits per heavy atom. The van der Waals surface area contributed by atoms with Crippen molar-refractivity contribution in [3.8, 4) is 11.5 Å². The summed E-state index contributed by atoms with van der Waals surface area (Å²) >= 11 is 0. The molecular formula is C22H26N2O3. The van der Waals surface area contributed by atoms with Crippen molar-refractivity contribution in [1.29, 1.82) is 0 Å². The first-order valence-corrected chi connectivity index (χ1v) is 9.32. The molecule has 2 aromatic carbocycles. The SMILES string of the molecule is CCCOc1ccc(CNC(=O)CCc2c[nH]c3ccccc23)cc1OC. The maximum absolute atomic E-state index is 12.2. The van der Waals surface area contributed by atoms with Crippen LogP contribution < -0.4 is 14.8 Å². The number of carbonyl (C=O) groups excluding carboxylic acids is 1. The fourth-order valence-electron chi connectivity index (χ4n) is 3.03. The number of aromatic amines is 1. The monoisotopic (exact) mass is 366 g/mol. The molecule has 1 aromatic heterocycles. The quantitative estimate of drug-likeness (QED) is 0.596. The number of methoxy groups -OCH3 is 1. The summed E-state index contributed by atoms with van der Waals surface area (Å²) in [6.45, 7) is 3.18. The smallest absolute Gasteiger partial charge is 0.220 e. The zero-order chi connectivity index (χ0) is 19.1. The Labute approximate surface area is 159 Å². The summed E-state index contributed by atoms with van der Waals surface area (Å²) in [6, 6.07) is 13.9. The number of fused-ring (bicyclic) bond motifs is 1. The molecule has 0 saturated heterocycles. The highest BCUT2D eigenvalue weighted by molar-refractivity contribution is 5.84. The Balaban J connectivity index is 1.53. The summed E-state index contributed by atoms with van der Waals surface area (Å²) in [4.78, 5) is 15.5. The Kier molecular flexibility index (Phi) is 6.36. The molecule has 5 heteroatoms. The number of aromatic nitrogens is 1. The van der Waals surface area contributed by atoms with Crippen LogP contribution >= 0.6 is 0 Å². The largest absolute Gasteiger partial charge is 0.493 e. The van der Waals surface area contributed by atoms with E-state index in [1.807, 2.05) is 42.6 Å². The van der Waals surface area contributed by atoms with Crippen LogP contribution in [0.4, 0.5) is 0 Å². The summed E-state index contributed by atoms with van der Waals surface area (Å²) in [6.07, 6.45) is 4.09. The molecule has 1 amide bonds. The molecule has 0 aliphatic heterocycles. The number of rotatable bonds is 9. The van der Waals surface area contributed by atoms with Crippen LogP contribution in [-0.2, 0) is 17.8 Å². The first-order chi connectivity index (χ1) is 13.2. The summed E-state index contributed by atoms with van der Waals surface area (Å²) in [5.41, 5.74) is 3.25. The standard InChI is InChI=1S/C22H26N2O3/c1-3-12-27-20-10-8-16(13-21(20)26-2)14-24-22(25)11-9-17-15-23-19-7-5-4-6-18(17)19/h4-8,10,13,15,23H,3,9,11-12,14H2,1-2H3,(H,24,25). The molecule has 3 rings (SSSR count). The van der Waals surface area contributed by atoms with Crippen molar-refractivity contribution in [3.05, 3.63) is 59.8 Å².